The fourth-order valence-corrected chi connectivity index (χ4v) is 1.30. The molecule has 0 saturated heterocycles. The topological polar surface area (TPSA) is 49.8 Å². The predicted molar refractivity (Wildman–Crippen MR) is 60.2 cm³/mol. The SMILES string of the molecule is CCC(CO)N(CC(F)(F)F)C(=O)OC(C)(C)C. The number of carbonyl (C=O) groups is 1. The van der Waals surface area contributed by atoms with Gasteiger partial charge in [0, 0.05) is 0 Å². The highest BCUT2D eigenvalue weighted by Gasteiger charge is 2.37. The molecule has 0 fully saturated rings. The molecule has 18 heavy (non-hydrogen) atoms. The second kappa shape index (κ2) is 6.26. The third-order valence-corrected chi connectivity index (χ3v) is 2.10. The summed E-state index contributed by atoms with van der Waals surface area (Å²) < 4.78 is 42.1. The second-order valence-electron chi connectivity index (χ2n) is 4.97. The molecule has 0 aromatic heterocycles. The van der Waals surface area contributed by atoms with Gasteiger partial charge in [-0.05, 0) is 27.2 Å². The van der Waals surface area contributed by atoms with Crippen molar-refractivity contribution in [2.45, 2.75) is 51.9 Å². The third kappa shape index (κ3) is 6.68. The Kier molecular flexibility index (Phi) is 5.92. The highest BCUT2D eigenvalue weighted by molar-refractivity contribution is 5.68. The molecule has 0 aromatic carbocycles. The largest absolute Gasteiger partial charge is 0.444 e. The molecule has 0 aliphatic rings. The van der Waals surface area contributed by atoms with Gasteiger partial charge in [-0.1, -0.05) is 6.92 Å². The monoisotopic (exact) mass is 271 g/mol. The zero-order valence-corrected chi connectivity index (χ0v) is 11.0. The Bertz CT molecular complexity index is 270. The molecule has 1 N–H and O–H groups in total. The van der Waals surface area contributed by atoms with E-state index in [4.69, 9.17) is 9.84 Å². The van der Waals surface area contributed by atoms with Gasteiger partial charge in [-0.2, -0.15) is 13.2 Å². The lowest BCUT2D eigenvalue weighted by atomic mass is 10.2. The van der Waals surface area contributed by atoms with E-state index < -0.39 is 37.1 Å². The van der Waals surface area contributed by atoms with E-state index in [1.807, 2.05) is 0 Å². The quantitative estimate of drug-likeness (QED) is 0.855. The highest BCUT2D eigenvalue weighted by atomic mass is 19.4. The lowest BCUT2D eigenvalue weighted by Crippen LogP contribution is -2.49. The van der Waals surface area contributed by atoms with Gasteiger partial charge in [-0.25, -0.2) is 4.79 Å². The van der Waals surface area contributed by atoms with Crippen LogP contribution in [-0.2, 0) is 4.74 Å². The van der Waals surface area contributed by atoms with Crippen molar-refractivity contribution in [2.75, 3.05) is 13.2 Å². The van der Waals surface area contributed by atoms with E-state index in [0.29, 0.717) is 4.90 Å². The van der Waals surface area contributed by atoms with Crippen LogP contribution in [0.25, 0.3) is 0 Å². The first kappa shape index (κ1) is 17.0. The van der Waals surface area contributed by atoms with Crippen molar-refractivity contribution in [3.63, 3.8) is 0 Å². The Morgan fingerprint density at radius 2 is 1.83 bits per heavy atom. The number of nitrogens with zero attached hydrogens (tertiary/aromatic N) is 1. The molecule has 0 aliphatic carbocycles. The molecule has 1 atom stereocenters. The predicted octanol–water partition coefficient (Wildman–Crippen LogP) is 2.56. The van der Waals surface area contributed by atoms with Crippen LogP contribution in [0.15, 0.2) is 0 Å². The smallest absolute Gasteiger partial charge is 0.410 e. The minimum Gasteiger partial charge on any atom is -0.444 e. The van der Waals surface area contributed by atoms with Crippen LogP contribution in [0, 0.1) is 0 Å². The Morgan fingerprint density at radius 1 is 1.33 bits per heavy atom. The molecule has 108 valence electrons. The lowest BCUT2D eigenvalue weighted by molar-refractivity contribution is -0.150. The maximum atomic E-state index is 12.4. The number of alkyl halides is 3. The minimum atomic E-state index is -4.53. The number of amides is 1. The van der Waals surface area contributed by atoms with Gasteiger partial charge in [0.1, 0.15) is 12.1 Å². The Balaban J connectivity index is 4.91. The molecule has 0 saturated carbocycles. The number of hydrogen-bond acceptors (Lipinski definition) is 3. The average Bonchev–Trinajstić information content (AvgIpc) is 2.13. The number of hydrogen-bond donors (Lipinski definition) is 1. The first-order valence-electron chi connectivity index (χ1n) is 5.67. The average molecular weight is 271 g/mol. The number of ether oxygens (including phenoxy) is 1. The zero-order chi connectivity index (χ0) is 14.6. The van der Waals surface area contributed by atoms with Crippen molar-refractivity contribution in [2.24, 2.45) is 0 Å². The van der Waals surface area contributed by atoms with Gasteiger partial charge < -0.3 is 9.84 Å². The summed E-state index contributed by atoms with van der Waals surface area (Å²) in [6.45, 7) is 4.32. The molecule has 0 radical (unpaired) electrons. The Hall–Kier alpha value is -0.980. The number of rotatable bonds is 4. The van der Waals surface area contributed by atoms with Crippen molar-refractivity contribution >= 4 is 6.09 Å². The van der Waals surface area contributed by atoms with E-state index in [1.54, 1.807) is 27.7 Å². The van der Waals surface area contributed by atoms with Gasteiger partial charge in [0.15, 0.2) is 0 Å². The lowest BCUT2D eigenvalue weighted by Gasteiger charge is -2.32. The first-order valence-corrected chi connectivity index (χ1v) is 5.67. The maximum Gasteiger partial charge on any atom is 0.410 e. The standard InChI is InChI=1S/C11H20F3NO3/c1-5-8(6-16)15(7-11(12,13)14)9(17)18-10(2,3)4/h8,16H,5-7H2,1-4H3. The molecule has 1 amide bonds. The summed E-state index contributed by atoms with van der Waals surface area (Å²) in [5, 5.41) is 9.02. The molecule has 7 heteroatoms. The van der Waals surface area contributed by atoms with Crippen molar-refractivity contribution in [1.82, 2.24) is 4.90 Å². The summed E-state index contributed by atoms with van der Waals surface area (Å²) in [5.74, 6) is 0. The molecule has 0 bridgehead atoms. The van der Waals surface area contributed by atoms with Crippen molar-refractivity contribution in [1.29, 1.82) is 0 Å². The number of carbonyl (C=O) groups excluding carboxylic acids is 1. The van der Waals surface area contributed by atoms with Gasteiger partial charge in [-0.3, -0.25) is 4.90 Å². The van der Waals surface area contributed by atoms with E-state index >= 15 is 0 Å². The summed E-state index contributed by atoms with van der Waals surface area (Å²) in [7, 11) is 0. The van der Waals surface area contributed by atoms with Gasteiger partial charge in [0.25, 0.3) is 0 Å². The van der Waals surface area contributed by atoms with Crippen LogP contribution in [0.3, 0.4) is 0 Å². The molecule has 0 aliphatic heterocycles. The van der Waals surface area contributed by atoms with E-state index in [0.717, 1.165) is 0 Å². The van der Waals surface area contributed by atoms with E-state index in [-0.39, 0.29) is 6.42 Å². The number of aliphatic hydroxyl groups excluding tert-OH is 1. The number of aliphatic hydroxyl groups is 1. The van der Waals surface area contributed by atoms with Crippen molar-refractivity contribution in [3.05, 3.63) is 0 Å². The molecule has 0 rings (SSSR count). The zero-order valence-electron chi connectivity index (χ0n) is 11.0. The van der Waals surface area contributed by atoms with Gasteiger partial charge >= 0.3 is 12.3 Å². The summed E-state index contributed by atoms with van der Waals surface area (Å²) in [5.41, 5.74) is -0.880. The van der Waals surface area contributed by atoms with Crippen LogP contribution in [0.4, 0.5) is 18.0 Å². The van der Waals surface area contributed by atoms with E-state index in [9.17, 15) is 18.0 Å². The second-order valence-corrected chi connectivity index (χ2v) is 4.97. The molecular formula is C11H20F3NO3. The van der Waals surface area contributed by atoms with Crippen LogP contribution in [0.1, 0.15) is 34.1 Å². The first-order chi connectivity index (χ1) is 8.00. The fraction of sp³-hybridized carbons (Fsp3) is 0.909. The van der Waals surface area contributed by atoms with Gasteiger partial charge in [-0.15, -0.1) is 0 Å². The van der Waals surface area contributed by atoms with Gasteiger partial charge in [0.2, 0.25) is 0 Å². The van der Waals surface area contributed by atoms with Crippen LogP contribution < -0.4 is 0 Å². The van der Waals surface area contributed by atoms with Crippen molar-refractivity contribution < 1.29 is 27.8 Å². The summed E-state index contributed by atoms with van der Waals surface area (Å²) >= 11 is 0. The maximum absolute atomic E-state index is 12.4. The highest BCUT2D eigenvalue weighted by Crippen LogP contribution is 2.21. The van der Waals surface area contributed by atoms with Gasteiger partial charge in [0.05, 0.1) is 12.6 Å². The minimum absolute atomic E-state index is 0.214. The van der Waals surface area contributed by atoms with E-state index in [1.165, 1.54) is 0 Å². The summed E-state index contributed by atoms with van der Waals surface area (Å²) in [6, 6.07) is -0.901. The molecular weight excluding hydrogens is 251 g/mol. The number of halogens is 3. The molecule has 0 spiro atoms. The van der Waals surface area contributed by atoms with Crippen molar-refractivity contribution in [3.8, 4) is 0 Å². The van der Waals surface area contributed by atoms with Crippen LogP contribution in [0.5, 0.6) is 0 Å². The Morgan fingerprint density at radius 3 is 2.11 bits per heavy atom. The van der Waals surface area contributed by atoms with E-state index in [2.05, 4.69) is 0 Å². The molecule has 1 unspecified atom stereocenters. The molecule has 0 heterocycles. The molecule has 4 nitrogen and oxygen atoms in total. The normalized spacial score (nSPS) is 14.2. The summed E-state index contributed by atoms with van der Waals surface area (Å²) in [4.78, 5) is 12.2. The Labute approximate surface area is 105 Å². The van der Waals surface area contributed by atoms with Crippen LogP contribution >= 0.6 is 0 Å². The fourth-order valence-electron chi connectivity index (χ4n) is 1.30. The third-order valence-electron chi connectivity index (χ3n) is 2.10. The van der Waals surface area contributed by atoms with Crippen LogP contribution in [-0.4, -0.2) is 47.1 Å². The summed E-state index contributed by atoms with van der Waals surface area (Å²) in [6.07, 6.45) is -5.38. The van der Waals surface area contributed by atoms with Crippen LogP contribution in [0.2, 0.25) is 0 Å². The molecule has 0 aromatic rings.